The molecule has 0 N–H and O–H groups in total. The molecule has 1 aliphatic rings. The number of amides is 1. The highest BCUT2D eigenvalue weighted by Gasteiger charge is 2.29. The summed E-state index contributed by atoms with van der Waals surface area (Å²) >= 11 is 7.07. The molecule has 0 saturated heterocycles. The summed E-state index contributed by atoms with van der Waals surface area (Å²) < 4.78 is 41.5. The number of halogens is 4. The second kappa shape index (κ2) is 7.49. The standard InChI is InChI=1S/C17H12ClF3N2OS/c18-11-3-1-4-12(19)10(11)9-25-17-22-7-8-23(17)16(24)15-13(20)5-2-6-14(15)21/h1-6H,7-9H2. The van der Waals surface area contributed by atoms with Crippen molar-refractivity contribution in [3.05, 3.63) is 70.0 Å². The van der Waals surface area contributed by atoms with Gasteiger partial charge in [-0.25, -0.2) is 13.2 Å². The Balaban J connectivity index is 1.78. The van der Waals surface area contributed by atoms with Gasteiger partial charge in [-0.2, -0.15) is 0 Å². The monoisotopic (exact) mass is 384 g/mol. The van der Waals surface area contributed by atoms with Gasteiger partial charge in [0.1, 0.15) is 23.0 Å². The van der Waals surface area contributed by atoms with E-state index in [1.54, 1.807) is 6.07 Å². The van der Waals surface area contributed by atoms with Crippen LogP contribution in [-0.2, 0) is 5.75 Å². The molecule has 0 unspecified atom stereocenters. The summed E-state index contributed by atoms with van der Waals surface area (Å²) in [4.78, 5) is 17.9. The van der Waals surface area contributed by atoms with Crippen LogP contribution in [0.2, 0.25) is 5.02 Å². The molecule has 0 spiro atoms. The van der Waals surface area contributed by atoms with Crippen LogP contribution in [0.25, 0.3) is 0 Å². The molecule has 3 nitrogen and oxygen atoms in total. The fraction of sp³-hybridized carbons (Fsp3) is 0.176. The van der Waals surface area contributed by atoms with Gasteiger partial charge < -0.3 is 0 Å². The number of thioether (sulfide) groups is 1. The van der Waals surface area contributed by atoms with Gasteiger partial charge in [-0.05, 0) is 24.3 Å². The lowest BCUT2D eigenvalue weighted by Gasteiger charge is -2.18. The number of amidine groups is 1. The second-order valence-electron chi connectivity index (χ2n) is 5.21. The minimum atomic E-state index is -0.932. The van der Waals surface area contributed by atoms with Crippen LogP contribution in [0, 0.1) is 17.5 Å². The van der Waals surface area contributed by atoms with Gasteiger partial charge in [-0.3, -0.25) is 14.7 Å². The molecule has 0 aliphatic carbocycles. The smallest absolute Gasteiger partial charge is 0.265 e. The van der Waals surface area contributed by atoms with Crippen molar-refractivity contribution in [1.82, 2.24) is 4.90 Å². The summed E-state index contributed by atoms with van der Waals surface area (Å²) in [6.07, 6.45) is 0. The van der Waals surface area contributed by atoms with Gasteiger partial charge >= 0.3 is 0 Å². The van der Waals surface area contributed by atoms with Crippen LogP contribution < -0.4 is 0 Å². The molecule has 0 atom stereocenters. The number of carbonyl (C=O) groups excluding carboxylic acids is 1. The number of nitrogens with zero attached hydrogens (tertiary/aromatic N) is 2. The molecule has 25 heavy (non-hydrogen) atoms. The number of aliphatic imine (C=N–C) groups is 1. The van der Waals surface area contributed by atoms with Gasteiger partial charge in [0.2, 0.25) is 0 Å². The minimum Gasteiger partial charge on any atom is -0.285 e. The second-order valence-corrected chi connectivity index (χ2v) is 6.56. The molecule has 1 aliphatic heterocycles. The normalized spacial score (nSPS) is 13.9. The molecule has 0 radical (unpaired) electrons. The van der Waals surface area contributed by atoms with E-state index in [0.29, 0.717) is 6.54 Å². The highest BCUT2D eigenvalue weighted by molar-refractivity contribution is 8.13. The largest absolute Gasteiger partial charge is 0.285 e. The average Bonchev–Trinajstić information content (AvgIpc) is 3.02. The zero-order valence-corrected chi connectivity index (χ0v) is 14.4. The average molecular weight is 385 g/mol. The molecule has 0 bridgehead atoms. The fourth-order valence-electron chi connectivity index (χ4n) is 2.38. The Labute approximate surface area is 151 Å². The molecule has 1 amide bonds. The zero-order valence-electron chi connectivity index (χ0n) is 12.8. The highest BCUT2D eigenvalue weighted by atomic mass is 35.5. The van der Waals surface area contributed by atoms with Crippen molar-refractivity contribution in [2.75, 3.05) is 13.1 Å². The Morgan fingerprint density at radius 1 is 1.12 bits per heavy atom. The van der Waals surface area contributed by atoms with Gasteiger partial charge in [0.05, 0.1) is 6.54 Å². The number of benzene rings is 2. The molecule has 130 valence electrons. The molecular formula is C17H12ClF3N2OS. The van der Waals surface area contributed by atoms with Gasteiger partial charge in [0.25, 0.3) is 5.91 Å². The molecule has 3 rings (SSSR count). The van der Waals surface area contributed by atoms with Gasteiger partial charge in [-0.1, -0.05) is 35.5 Å². The summed E-state index contributed by atoms with van der Waals surface area (Å²) in [5.41, 5.74) is -0.338. The van der Waals surface area contributed by atoms with E-state index in [-0.39, 0.29) is 28.1 Å². The maximum Gasteiger partial charge on any atom is 0.265 e. The van der Waals surface area contributed by atoms with Crippen LogP contribution in [0.4, 0.5) is 13.2 Å². The van der Waals surface area contributed by atoms with Crippen LogP contribution in [0.1, 0.15) is 15.9 Å². The lowest BCUT2D eigenvalue weighted by atomic mass is 10.1. The van der Waals surface area contributed by atoms with Gasteiger partial charge in [-0.15, -0.1) is 0 Å². The van der Waals surface area contributed by atoms with E-state index in [2.05, 4.69) is 4.99 Å². The van der Waals surface area contributed by atoms with E-state index >= 15 is 0 Å². The van der Waals surface area contributed by atoms with Crippen LogP contribution >= 0.6 is 23.4 Å². The molecule has 2 aromatic rings. The SMILES string of the molecule is O=C(c1c(F)cccc1F)N1CCN=C1SCc1c(F)cccc1Cl. The Bertz CT molecular complexity index is 819. The summed E-state index contributed by atoms with van der Waals surface area (Å²) in [5, 5.41) is 0.552. The molecule has 0 fully saturated rings. The zero-order chi connectivity index (χ0) is 18.0. The summed E-state index contributed by atoms with van der Waals surface area (Å²) in [7, 11) is 0. The maximum atomic E-state index is 13.8. The van der Waals surface area contributed by atoms with Crippen molar-refractivity contribution in [3.8, 4) is 0 Å². The topological polar surface area (TPSA) is 32.7 Å². The van der Waals surface area contributed by atoms with Crippen molar-refractivity contribution < 1.29 is 18.0 Å². The first-order valence-corrected chi connectivity index (χ1v) is 8.71. The summed E-state index contributed by atoms with van der Waals surface area (Å²) in [6, 6.07) is 7.58. The van der Waals surface area contributed by atoms with Crippen LogP contribution in [0.3, 0.4) is 0 Å². The maximum absolute atomic E-state index is 13.8. The predicted molar refractivity (Wildman–Crippen MR) is 92.4 cm³/mol. The van der Waals surface area contributed by atoms with Crippen molar-refractivity contribution in [2.24, 2.45) is 4.99 Å². The third-order valence-electron chi connectivity index (χ3n) is 3.63. The van der Waals surface area contributed by atoms with Crippen molar-refractivity contribution in [2.45, 2.75) is 5.75 Å². The van der Waals surface area contributed by atoms with Gasteiger partial charge in [0.15, 0.2) is 5.17 Å². The van der Waals surface area contributed by atoms with Gasteiger partial charge in [0, 0.05) is 22.9 Å². The lowest BCUT2D eigenvalue weighted by Crippen LogP contribution is -2.34. The quantitative estimate of drug-likeness (QED) is 0.780. The Hall–Kier alpha value is -1.99. The minimum absolute atomic E-state index is 0.147. The van der Waals surface area contributed by atoms with Crippen LogP contribution in [0.5, 0.6) is 0 Å². The van der Waals surface area contributed by atoms with Crippen LogP contribution in [0.15, 0.2) is 41.4 Å². The first kappa shape index (κ1) is 17.8. The summed E-state index contributed by atoms with van der Waals surface area (Å²) in [5.74, 6) is -2.99. The number of rotatable bonds is 3. The Morgan fingerprint density at radius 2 is 1.76 bits per heavy atom. The predicted octanol–water partition coefficient (Wildman–Crippen LogP) is 4.50. The van der Waals surface area contributed by atoms with E-state index in [0.717, 1.165) is 23.9 Å². The first-order valence-electron chi connectivity index (χ1n) is 7.35. The molecular weight excluding hydrogens is 373 g/mol. The fourth-order valence-corrected chi connectivity index (χ4v) is 3.77. The molecule has 0 aromatic heterocycles. The molecule has 2 aromatic carbocycles. The molecule has 8 heteroatoms. The van der Waals surface area contributed by atoms with Crippen molar-refractivity contribution in [1.29, 1.82) is 0 Å². The third-order valence-corrected chi connectivity index (χ3v) is 5.03. The number of hydrogen-bond acceptors (Lipinski definition) is 3. The van der Waals surface area contributed by atoms with Crippen molar-refractivity contribution >= 4 is 34.4 Å². The summed E-state index contributed by atoms with van der Waals surface area (Å²) in [6.45, 7) is 0.523. The lowest BCUT2D eigenvalue weighted by molar-refractivity contribution is 0.0851. The van der Waals surface area contributed by atoms with Crippen LogP contribution in [-0.4, -0.2) is 29.1 Å². The first-order chi connectivity index (χ1) is 12.0. The van der Waals surface area contributed by atoms with E-state index in [9.17, 15) is 18.0 Å². The van der Waals surface area contributed by atoms with E-state index in [4.69, 9.17) is 11.6 Å². The molecule has 0 saturated carbocycles. The Kier molecular flexibility index (Phi) is 5.34. The third kappa shape index (κ3) is 3.67. The Morgan fingerprint density at radius 3 is 2.44 bits per heavy atom. The van der Waals surface area contributed by atoms with E-state index in [1.165, 1.54) is 23.1 Å². The highest BCUT2D eigenvalue weighted by Crippen LogP contribution is 2.27. The number of hydrogen-bond donors (Lipinski definition) is 0. The van der Waals surface area contributed by atoms with E-state index in [1.807, 2.05) is 0 Å². The molecule has 1 heterocycles. The number of carbonyl (C=O) groups is 1. The van der Waals surface area contributed by atoms with E-state index < -0.39 is 28.9 Å². The van der Waals surface area contributed by atoms with Crippen molar-refractivity contribution in [3.63, 3.8) is 0 Å².